The maximum absolute atomic E-state index is 5.93. The van der Waals surface area contributed by atoms with E-state index in [4.69, 9.17) is 47.4 Å². The van der Waals surface area contributed by atoms with Crippen molar-refractivity contribution >= 4 is 0 Å². The van der Waals surface area contributed by atoms with E-state index in [9.17, 15) is 0 Å². The molecule has 5 aliphatic heterocycles. The summed E-state index contributed by atoms with van der Waals surface area (Å²) in [6.45, 7) is 27.3. The maximum Gasteiger partial charge on any atom is 0.163 e. The van der Waals surface area contributed by atoms with Crippen LogP contribution in [0.1, 0.15) is 127 Å². The fraction of sp³-hybridized carbons (Fsp3) is 0.767. The van der Waals surface area contributed by atoms with Gasteiger partial charge < -0.3 is 47.4 Å². The van der Waals surface area contributed by atoms with Crippen LogP contribution in [-0.2, 0) is 47.4 Å². The standard InChI is InChI=1S/4C12H18O2.C7H12O2.C5H6/c4*1-12(2)13-7-11(14-12)10-6-8-3-4-9(10)5-8;1-4-6-5-8-7(2,3)9-6;1-2-4-5-3-1/h4*3-4,8-11H,5-7H2,1-2H3;4,6H,1,5H2,2-3H3;1-4H,5H2/t4*8?,9?,10?,11-;;/m1100../s1. The second-order valence-corrected chi connectivity index (χ2v) is 24.9. The van der Waals surface area contributed by atoms with E-state index in [2.05, 4.69) is 79.5 Å². The van der Waals surface area contributed by atoms with Gasteiger partial charge in [0.25, 0.3) is 0 Å². The van der Waals surface area contributed by atoms with Gasteiger partial charge in [-0.15, -0.1) is 6.58 Å². The number of fused-ring (bicyclic) bond motifs is 8. The van der Waals surface area contributed by atoms with Crippen LogP contribution in [0.2, 0.25) is 0 Å². The Morgan fingerprint density at radius 1 is 0.357 bits per heavy atom. The fourth-order valence-electron chi connectivity index (χ4n) is 13.9. The maximum atomic E-state index is 5.93. The molecular formula is C60H90O10. The van der Waals surface area contributed by atoms with Gasteiger partial charge in [-0.05, 0) is 198 Å². The van der Waals surface area contributed by atoms with Crippen LogP contribution in [0.5, 0.6) is 0 Å². The SMILES string of the molecule is C1=CCC=C1.C=CC1COC(C)(C)O1.CC1(C)OC[C@@H](C2CC3C=CC2C3)O1.CC1(C)OC[C@@H](C2CC3C=CC2C3)O1.CC1(C)OC[C@H](C2CC3C=CC2C3)O1.CC1(C)OC[C@H](C2CC3C=CC2C3)O1. The number of ether oxygens (including phenoxy) is 10. The minimum absolute atomic E-state index is 0.0833. The van der Waals surface area contributed by atoms with Crippen LogP contribution in [0, 0.1) is 71.0 Å². The third-order valence-electron chi connectivity index (χ3n) is 17.3. The molecule has 17 atom stereocenters. The van der Waals surface area contributed by atoms with Gasteiger partial charge in [0.15, 0.2) is 28.9 Å². The summed E-state index contributed by atoms with van der Waals surface area (Å²) in [7, 11) is 0. The summed E-state index contributed by atoms with van der Waals surface area (Å²) in [6.07, 6.45) is 42.4. The molecule has 0 radical (unpaired) electrons. The first-order valence-electron chi connectivity index (χ1n) is 27.5. The molecule has 0 aromatic heterocycles. The van der Waals surface area contributed by atoms with Gasteiger partial charge in [-0.3, -0.25) is 0 Å². The highest BCUT2D eigenvalue weighted by molar-refractivity contribution is 5.15. The van der Waals surface area contributed by atoms with Crippen LogP contribution in [0.25, 0.3) is 0 Å². The predicted molar refractivity (Wildman–Crippen MR) is 273 cm³/mol. The molecule has 14 rings (SSSR count). The van der Waals surface area contributed by atoms with E-state index in [0.717, 1.165) is 80.2 Å². The monoisotopic (exact) mass is 971 g/mol. The first-order valence-corrected chi connectivity index (χ1v) is 27.5. The van der Waals surface area contributed by atoms with E-state index in [-0.39, 0.29) is 29.3 Å². The van der Waals surface area contributed by atoms with Crippen LogP contribution in [0.15, 0.2) is 85.6 Å². The van der Waals surface area contributed by atoms with Crippen LogP contribution < -0.4 is 0 Å². The summed E-state index contributed by atoms with van der Waals surface area (Å²) >= 11 is 0. The molecule has 8 bridgehead atoms. The summed E-state index contributed by atoms with van der Waals surface area (Å²) < 4.78 is 56.8. The molecule has 390 valence electrons. The Balaban J connectivity index is 0.000000107. The molecule has 0 N–H and O–H groups in total. The van der Waals surface area contributed by atoms with Crippen LogP contribution in [-0.4, -0.2) is 92.5 Å². The predicted octanol–water partition coefficient (Wildman–Crippen LogP) is 12.2. The number of hydrogen-bond donors (Lipinski definition) is 0. The van der Waals surface area contributed by atoms with E-state index in [1.165, 1.54) is 51.4 Å². The molecule has 9 aliphatic carbocycles. The van der Waals surface area contributed by atoms with E-state index in [0.29, 0.717) is 54.7 Å². The Kier molecular flexibility index (Phi) is 16.2. The third-order valence-corrected chi connectivity index (χ3v) is 17.3. The first-order chi connectivity index (χ1) is 33.2. The third kappa shape index (κ3) is 13.4. The highest BCUT2D eigenvalue weighted by atomic mass is 16.8. The fourth-order valence-corrected chi connectivity index (χ4v) is 13.9. The molecule has 0 spiro atoms. The molecule has 5 saturated heterocycles. The second-order valence-electron chi connectivity index (χ2n) is 24.9. The molecule has 0 aromatic carbocycles. The minimum Gasteiger partial charge on any atom is -0.348 e. The summed E-state index contributed by atoms with van der Waals surface area (Å²) in [4.78, 5) is 0. The van der Waals surface area contributed by atoms with Crippen molar-refractivity contribution < 1.29 is 47.4 Å². The van der Waals surface area contributed by atoms with E-state index >= 15 is 0 Å². The molecule has 10 nitrogen and oxygen atoms in total. The highest BCUT2D eigenvalue weighted by Crippen LogP contribution is 2.51. The Bertz CT molecular complexity index is 1720. The normalized spacial score (nSPS) is 44.6. The Morgan fingerprint density at radius 2 is 0.629 bits per heavy atom. The van der Waals surface area contributed by atoms with Gasteiger partial charge in [-0.25, -0.2) is 0 Å². The topological polar surface area (TPSA) is 92.3 Å². The van der Waals surface area contributed by atoms with Gasteiger partial charge >= 0.3 is 0 Å². The van der Waals surface area contributed by atoms with Crippen molar-refractivity contribution in [3.63, 3.8) is 0 Å². The van der Waals surface area contributed by atoms with Gasteiger partial charge in [0.1, 0.15) is 6.10 Å². The first kappa shape index (κ1) is 52.6. The molecule has 14 aliphatic rings. The molecule has 9 fully saturated rings. The quantitative estimate of drug-likeness (QED) is 0.248. The summed E-state index contributed by atoms with van der Waals surface area (Å²) in [5.74, 6) is 7.44. The highest BCUT2D eigenvalue weighted by Gasteiger charge is 2.49. The van der Waals surface area contributed by atoms with Gasteiger partial charge in [0, 0.05) is 0 Å². The molecule has 13 unspecified atom stereocenters. The van der Waals surface area contributed by atoms with Crippen molar-refractivity contribution in [1.29, 1.82) is 0 Å². The van der Waals surface area contributed by atoms with Crippen molar-refractivity contribution in [2.45, 2.75) is 186 Å². The van der Waals surface area contributed by atoms with Crippen LogP contribution in [0.3, 0.4) is 0 Å². The molecule has 4 saturated carbocycles. The zero-order chi connectivity index (χ0) is 49.5. The van der Waals surface area contributed by atoms with Crippen molar-refractivity contribution in [1.82, 2.24) is 0 Å². The summed E-state index contributed by atoms with van der Waals surface area (Å²) in [5.41, 5.74) is 0. The van der Waals surface area contributed by atoms with Gasteiger partial charge in [-0.1, -0.05) is 79.0 Å². The lowest BCUT2D eigenvalue weighted by Gasteiger charge is -2.25. The molecule has 70 heavy (non-hydrogen) atoms. The molecule has 5 heterocycles. The van der Waals surface area contributed by atoms with E-state index in [1.54, 1.807) is 6.08 Å². The minimum atomic E-state index is -0.404. The molecule has 10 heteroatoms. The second kappa shape index (κ2) is 21.6. The van der Waals surface area contributed by atoms with Gasteiger partial charge in [-0.2, -0.15) is 0 Å². The molecule has 0 aromatic rings. The van der Waals surface area contributed by atoms with E-state index in [1.807, 2.05) is 69.2 Å². The number of rotatable bonds is 5. The average Bonchev–Trinajstić information content (AvgIpc) is 4.15. The van der Waals surface area contributed by atoms with Crippen LogP contribution >= 0.6 is 0 Å². The van der Waals surface area contributed by atoms with Crippen LogP contribution in [0.4, 0.5) is 0 Å². The van der Waals surface area contributed by atoms with Crippen molar-refractivity contribution in [3.05, 3.63) is 85.6 Å². The van der Waals surface area contributed by atoms with Gasteiger partial charge in [0.2, 0.25) is 0 Å². The Labute approximate surface area is 422 Å². The zero-order valence-electron chi connectivity index (χ0n) is 44.5. The van der Waals surface area contributed by atoms with Gasteiger partial charge in [0.05, 0.1) is 57.5 Å². The summed E-state index contributed by atoms with van der Waals surface area (Å²) in [5, 5.41) is 0. The van der Waals surface area contributed by atoms with Crippen molar-refractivity contribution in [3.8, 4) is 0 Å². The number of hydrogen-bond acceptors (Lipinski definition) is 10. The lowest BCUT2D eigenvalue weighted by molar-refractivity contribution is -0.146. The van der Waals surface area contributed by atoms with Crippen molar-refractivity contribution in [2.24, 2.45) is 71.0 Å². The lowest BCUT2D eigenvalue weighted by atomic mass is 9.89. The number of allylic oxidation sites excluding steroid dienone is 12. The Hall–Kier alpha value is -2.22. The Morgan fingerprint density at radius 3 is 0.771 bits per heavy atom. The summed E-state index contributed by atoms with van der Waals surface area (Å²) in [6, 6.07) is 0. The van der Waals surface area contributed by atoms with E-state index < -0.39 is 5.79 Å². The lowest BCUT2D eigenvalue weighted by Crippen LogP contribution is -2.29. The molecular weight excluding hydrogens is 881 g/mol. The van der Waals surface area contributed by atoms with Crippen molar-refractivity contribution in [2.75, 3.05) is 33.0 Å². The average molecular weight is 971 g/mol. The molecule has 0 amide bonds. The largest absolute Gasteiger partial charge is 0.348 e. The smallest absolute Gasteiger partial charge is 0.163 e. The zero-order valence-corrected chi connectivity index (χ0v) is 44.5.